The average molecular weight is 445 g/mol. The highest BCUT2D eigenvalue weighted by Crippen LogP contribution is 2.35. The van der Waals surface area contributed by atoms with Crippen LogP contribution in [0.3, 0.4) is 0 Å². The Kier molecular flexibility index (Phi) is 8.27. The fraction of sp³-hybridized carbons (Fsp3) is 0.250. The van der Waals surface area contributed by atoms with Gasteiger partial charge in [0, 0.05) is 41.0 Å². The molecule has 0 spiro atoms. The van der Waals surface area contributed by atoms with E-state index in [1.54, 1.807) is 14.2 Å². The van der Waals surface area contributed by atoms with Crippen molar-refractivity contribution in [3.63, 3.8) is 0 Å². The summed E-state index contributed by atoms with van der Waals surface area (Å²) in [5, 5.41) is 4.62. The molecule has 2 heterocycles. The van der Waals surface area contributed by atoms with Crippen LogP contribution in [0.5, 0.6) is 11.5 Å². The molecule has 0 fully saturated rings. The van der Waals surface area contributed by atoms with E-state index in [1.807, 2.05) is 24.5 Å². The highest BCUT2D eigenvalue weighted by atomic mass is 35.5. The number of aromatic nitrogens is 2. The van der Waals surface area contributed by atoms with Gasteiger partial charge in [0.15, 0.2) is 11.5 Å². The van der Waals surface area contributed by atoms with Crippen LogP contribution in [-0.2, 0) is 12.8 Å². The number of rotatable bonds is 6. The minimum absolute atomic E-state index is 0. The molecule has 0 atom stereocenters. The highest BCUT2D eigenvalue weighted by Gasteiger charge is 2.14. The molecular formula is C24H26Cl2N2O2. The third kappa shape index (κ3) is 4.61. The Morgan fingerprint density at radius 3 is 2.13 bits per heavy atom. The van der Waals surface area contributed by atoms with Gasteiger partial charge in [0.2, 0.25) is 0 Å². The van der Waals surface area contributed by atoms with E-state index < -0.39 is 0 Å². The molecule has 0 unspecified atom stereocenters. The normalized spacial score (nSPS) is 10.4. The average Bonchev–Trinajstić information content (AvgIpc) is 2.74. The Morgan fingerprint density at radius 1 is 0.800 bits per heavy atom. The number of nitrogens with zero attached hydrogens (tertiary/aromatic N) is 2. The first kappa shape index (κ1) is 23.7. The Bertz CT molecular complexity index is 1150. The lowest BCUT2D eigenvalue weighted by Gasteiger charge is -2.14. The summed E-state index contributed by atoms with van der Waals surface area (Å²) in [5.74, 6) is 1.46. The molecule has 0 aliphatic heterocycles. The zero-order valence-corrected chi connectivity index (χ0v) is 19.0. The number of hydrogen-bond acceptors (Lipinski definition) is 4. The molecule has 30 heavy (non-hydrogen) atoms. The van der Waals surface area contributed by atoms with Crippen molar-refractivity contribution in [1.82, 2.24) is 9.97 Å². The summed E-state index contributed by atoms with van der Waals surface area (Å²) in [7, 11) is 3.34. The molecule has 6 heteroatoms. The van der Waals surface area contributed by atoms with Crippen molar-refractivity contribution in [1.29, 1.82) is 0 Å². The van der Waals surface area contributed by atoms with Crippen LogP contribution in [0, 0.1) is 0 Å². The monoisotopic (exact) mass is 444 g/mol. The number of methoxy groups -OCH3 is 2. The smallest absolute Gasteiger partial charge is 0.161 e. The minimum atomic E-state index is 0. The number of pyridine rings is 2. The largest absolute Gasteiger partial charge is 0.493 e. The summed E-state index contributed by atoms with van der Waals surface area (Å²) < 4.78 is 11.1. The highest BCUT2D eigenvalue weighted by molar-refractivity contribution is 5.91. The molecule has 0 radical (unpaired) electrons. The Hall–Kier alpha value is -2.56. The van der Waals surface area contributed by atoms with Crippen LogP contribution in [0.15, 0.2) is 54.9 Å². The van der Waals surface area contributed by atoms with E-state index >= 15 is 0 Å². The molecular weight excluding hydrogens is 419 g/mol. The molecule has 0 bridgehead atoms. The topological polar surface area (TPSA) is 44.2 Å². The van der Waals surface area contributed by atoms with E-state index in [0.29, 0.717) is 0 Å². The number of ether oxygens (including phenoxy) is 2. The predicted octanol–water partition coefficient (Wildman–Crippen LogP) is 6.19. The maximum absolute atomic E-state index is 5.55. The lowest BCUT2D eigenvalue weighted by Crippen LogP contribution is -2.00. The van der Waals surface area contributed by atoms with E-state index in [1.165, 1.54) is 5.39 Å². The van der Waals surface area contributed by atoms with E-state index in [-0.39, 0.29) is 24.8 Å². The fourth-order valence-electron chi connectivity index (χ4n) is 3.68. The van der Waals surface area contributed by atoms with Crippen molar-refractivity contribution in [2.24, 2.45) is 0 Å². The van der Waals surface area contributed by atoms with Gasteiger partial charge in [0.05, 0.1) is 14.2 Å². The van der Waals surface area contributed by atoms with Gasteiger partial charge in [-0.2, -0.15) is 0 Å². The molecule has 2 aromatic heterocycles. The van der Waals surface area contributed by atoms with Crippen molar-refractivity contribution in [2.75, 3.05) is 14.2 Å². The quantitative estimate of drug-likeness (QED) is 0.355. The van der Waals surface area contributed by atoms with Crippen LogP contribution in [0.4, 0.5) is 0 Å². The summed E-state index contributed by atoms with van der Waals surface area (Å²) in [6, 6.07) is 14.6. The molecule has 158 valence electrons. The number of benzene rings is 2. The molecule has 2 aromatic carbocycles. The molecule has 0 aliphatic rings. The van der Waals surface area contributed by atoms with Gasteiger partial charge in [0.1, 0.15) is 0 Å². The maximum Gasteiger partial charge on any atom is 0.161 e. The summed E-state index contributed by atoms with van der Waals surface area (Å²) in [6.45, 7) is 2.17. The first-order valence-corrected chi connectivity index (χ1v) is 9.59. The Labute approximate surface area is 189 Å². The number of hydrogen-bond donors (Lipinski definition) is 0. The Balaban J connectivity index is 0.00000160. The number of fused-ring (bicyclic) bond motifs is 2. The van der Waals surface area contributed by atoms with Crippen molar-refractivity contribution in [3.05, 3.63) is 71.8 Å². The van der Waals surface area contributed by atoms with Crippen LogP contribution in [0.2, 0.25) is 0 Å². The van der Waals surface area contributed by atoms with Gasteiger partial charge in [0.25, 0.3) is 0 Å². The zero-order chi connectivity index (χ0) is 19.5. The molecule has 0 saturated carbocycles. The first-order valence-electron chi connectivity index (χ1n) is 9.59. The van der Waals surface area contributed by atoms with Gasteiger partial charge in [-0.1, -0.05) is 37.6 Å². The van der Waals surface area contributed by atoms with Gasteiger partial charge in [-0.15, -0.1) is 24.8 Å². The molecule has 0 N–H and O–H groups in total. The van der Waals surface area contributed by atoms with Crippen molar-refractivity contribution in [3.8, 4) is 11.5 Å². The molecule has 4 rings (SSSR count). The number of halogens is 2. The van der Waals surface area contributed by atoms with Gasteiger partial charge in [-0.05, 0) is 41.0 Å². The summed E-state index contributed by atoms with van der Waals surface area (Å²) in [5.41, 5.74) is 3.26. The standard InChI is InChI=1S/C24H24N2O2.2ClH/c1-4-7-22-21-13-24(28-3)23(27-2)12-20(21)18(15-26-22)11-19-10-16-8-5-6-9-17(16)14-25-19;;/h5-6,8-10,12-15H,4,7,11H2,1-3H3;2*1H. The second-order valence-electron chi connectivity index (χ2n) is 6.93. The second kappa shape index (κ2) is 10.5. The van der Waals surface area contributed by atoms with Crippen LogP contribution in [-0.4, -0.2) is 24.2 Å². The maximum atomic E-state index is 5.55. The minimum Gasteiger partial charge on any atom is -0.493 e. The van der Waals surface area contributed by atoms with Crippen LogP contribution >= 0.6 is 24.8 Å². The van der Waals surface area contributed by atoms with E-state index in [2.05, 4.69) is 42.2 Å². The molecule has 0 aliphatic carbocycles. The zero-order valence-electron chi connectivity index (χ0n) is 17.3. The van der Waals surface area contributed by atoms with Gasteiger partial charge >= 0.3 is 0 Å². The fourth-order valence-corrected chi connectivity index (χ4v) is 3.68. The third-order valence-electron chi connectivity index (χ3n) is 5.10. The van der Waals surface area contributed by atoms with Crippen molar-refractivity contribution in [2.45, 2.75) is 26.2 Å². The van der Waals surface area contributed by atoms with E-state index in [0.717, 1.165) is 63.9 Å². The van der Waals surface area contributed by atoms with Gasteiger partial charge in [-0.25, -0.2) is 0 Å². The lowest BCUT2D eigenvalue weighted by molar-refractivity contribution is 0.356. The third-order valence-corrected chi connectivity index (χ3v) is 5.10. The SMILES string of the molecule is CCCc1ncc(Cc2cc3ccccc3cn2)c2cc(OC)c(OC)cc12.Cl.Cl. The molecule has 0 saturated heterocycles. The molecule has 4 nitrogen and oxygen atoms in total. The Morgan fingerprint density at radius 2 is 1.47 bits per heavy atom. The molecule has 4 aromatic rings. The van der Waals surface area contributed by atoms with Gasteiger partial charge in [-0.3, -0.25) is 9.97 Å². The summed E-state index contributed by atoms with van der Waals surface area (Å²) in [4.78, 5) is 9.42. The van der Waals surface area contributed by atoms with Gasteiger partial charge < -0.3 is 9.47 Å². The summed E-state index contributed by atoms with van der Waals surface area (Å²) >= 11 is 0. The predicted molar refractivity (Wildman–Crippen MR) is 128 cm³/mol. The van der Waals surface area contributed by atoms with Crippen LogP contribution < -0.4 is 9.47 Å². The molecule has 0 amide bonds. The first-order chi connectivity index (χ1) is 13.7. The van der Waals surface area contributed by atoms with Crippen LogP contribution in [0.25, 0.3) is 21.5 Å². The second-order valence-corrected chi connectivity index (χ2v) is 6.93. The lowest BCUT2D eigenvalue weighted by atomic mass is 9.98. The van der Waals surface area contributed by atoms with Crippen molar-refractivity contribution < 1.29 is 9.47 Å². The van der Waals surface area contributed by atoms with E-state index in [9.17, 15) is 0 Å². The number of aryl methyl sites for hydroxylation is 1. The van der Waals surface area contributed by atoms with Crippen molar-refractivity contribution >= 4 is 46.4 Å². The summed E-state index contributed by atoms with van der Waals surface area (Å²) in [6.07, 6.45) is 6.62. The van der Waals surface area contributed by atoms with Crippen LogP contribution in [0.1, 0.15) is 30.3 Å². The van der Waals surface area contributed by atoms with E-state index in [4.69, 9.17) is 14.5 Å².